The molecule has 0 radical (unpaired) electrons. The van der Waals surface area contributed by atoms with Crippen molar-refractivity contribution in [1.82, 2.24) is 0 Å². The largest absolute Gasteiger partial charge is 0.465 e. The molecule has 1 aromatic rings. The number of carbonyl (C=O) groups excluding carboxylic acids is 2. The van der Waals surface area contributed by atoms with Crippen LogP contribution in [0.2, 0.25) is 0 Å². The number of allylic oxidation sites excluding steroid dienone is 2. The first-order chi connectivity index (χ1) is 10.0. The van der Waals surface area contributed by atoms with Crippen LogP contribution in [0, 0.1) is 11.8 Å². The van der Waals surface area contributed by atoms with E-state index < -0.39 is 11.9 Å². The highest BCUT2D eigenvalue weighted by atomic mass is 16.5. The first kappa shape index (κ1) is 15.1. The summed E-state index contributed by atoms with van der Waals surface area (Å²) in [6.07, 6.45) is 2.08. The molecular weight excluding hydrogens is 268 g/mol. The number of ether oxygens (including phenoxy) is 1. The highest BCUT2D eigenvalue weighted by Gasteiger charge is 2.36. The summed E-state index contributed by atoms with van der Waals surface area (Å²) in [5.41, 5.74) is 8.02. The minimum absolute atomic E-state index is 0.103. The van der Waals surface area contributed by atoms with Crippen LogP contribution in [-0.2, 0) is 14.3 Å². The summed E-state index contributed by atoms with van der Waals surface area (Å²) in [6.45, 7) is 3.89. The van der Waals surface area contributed by atoms with Gasteiger partial charge in [-0.1, -0.05) is 19.1 Å². The Labute approximate surface area is 124 Å². The van der Waals surface area contributed by atoms with Gasteiger partial charge in [-0.25, -0.2) is 0 Å². The van der Waals surface area contributed by atoms with Gasteiger partial charge in [0.2, 0.25) is 0 Å². The van der Waals surface area contributed by atoms with Crippen LogP contribution in [-0.4, -0.2) is 18.4 Å². The maximum atomic E-state index is 12.2. The van der Waals surface area contributed by atoms with Gasteiger partial charge >= 0.3 is 5.97 Å². The average molecular weight is 288 g/mol. The van der Waals surface area contributed by atoms with Crippen molar-refractivity contribution in [2.75, 3.05) is 17.7 Å². The van der Waals surface area contributed by atoms with Crippen molar-refractivity contribution in [2.45, 2.75) is 20.3 Å². The molecule has 1 aliphatic carbocycles. The fourth-order valence-electron chi connectivity index (χ4n) is 2.52. The van der Waals surface area contributed by atoms with Crippen molar-refractivity contribution in [1.29, 1.82) is 0 Å². The lowest BCUT2D eigenvalue weighted by Crippen LogP contribution is -2.35. The molecule has 1 aliphatic rings. The highest BCUT2D eigenvalue weighted by Crippen LogP contribution is 2.30. The van der Waals surface area contributed by atoms with Crippen LogP contribution < -0.4 is 11.1 Å². The third kappa shape index (κ3) is 3.42. The zero-order chi connectivity index (χ0) is 15.4. The predicted molar refractivity (Wildman–Crippen MR) is 81.5 cm³/mol. The Morgan fingerprint density at radius 3 is 2.76 bits per heavy atom. The molecule has 112 valence electrons. The Morgan fingerprint density at radius 1 is 1.43 bits per heavy atom. The Kier molecular flexibility index (Phi) is 4.62. The number of esters is 1. The van der Waals surface area contributed by atoms with Crippen molar-refractivity contribution in [3.8, 4) is 0 Å². The normalized spacial score (nSPS) is 21.6. The lowest BCUT2D eigenvalue weighted by Gasteiger charge is -2.26. The molecule has 0 heterocycles. The maximum absolute atomic E-state index is 12.2. The van der Waals surface area contributed by atoms with Crippen molar-refractivity contribution in [3.05, 3.63) is 36.0 Å². The van der Waals surface area contributed by atoms with Gasteiger partial charge in [-0.05, 0) is 31.4 Å². The molecule has 0 saturated carbocycles. The van der Waals surface area contributed by atoms with Crippen LogP contribution in [0.1, 0.15) is 20.3 Å². The van der Waals surface area contributed by atoms with Gasteiger partial charge in [0, 0.05) is 11.8 Å². The smallest absolute Gasteiger partial charge is 0.317 e. The van der Waals surface area contributed by atoms with Crippen LogP contribution in [0.15, 0.2) is 36.0 Å². The van der Waals surface area contributed by atoms with Gasteiger partial charge in [-0.2, -0.15) is 0 Å². The number of hydrogen-bond donors (Lipinski definition) is 2. The first-order valence-corrected chi connectivity index (χ1v) is 7.05. The summed E-state index contributed by atoms with van der Waals surface area (Å²) >= 11 is 0. The van der Waals surface area contributed by atoms with Crippen LogP contribution in [0.3, 0.4) is 0 Å². The topological polar surface area (TPSA) is 81.4 Å². The van der Waals surface area contributed by atoms with Crippen molar-refractivity contribution in [2.24, 2.45) is 11.8 Å². The van der Waals surface area contributed by atoms with Crippen LogP contribution in [0.4, 0.5) is 11.4 Å². The minimum Gasteiger partial charge on any atom is -0.465 e. The second kappa shape index (κ2) is 6.43. The molecule has 0 fully saturated rings. The van der Waals surface area contributed by atoms with Gasteiger partial charge in [0.15, 0.2) is 5.78 Å². The number of nitrogens with one attached hydrogen (secondary N) is 1. The number of anilines is 2. The Balaban J connectivity index is 2.14. The van der Waals surface area contributed by atoms with Gasteiger partial charge < -0.3 is 15.8 Å². The molecule has 2 atom stereocenters. The molecule has 3 N–H and O–H groups in total. The van der Waals surface area contributed by atoms with Gasteiger partial charge in [0.1, 0.15) is 5.92 Å². The number of ketones is 1. The molecule has 0 amide bonds. The molecule has 5 nitrogen and oxygen atoms in total. The van der Waals surface area contributed by atoms with E-state index in [0.29, 0.717) is 12.1 Å². The lowest BCUT2D eigenvalue weighted by molar-refractivity contribution is -0.152. The standard InChI is InChI=1S/C16H20N2O3/c1-3-21-16(20)15-10(2)8-11(9-14(15)19)18-13-7-5-4-6-12(13)17/h4-7,9-10,15,18H,3,8,17H2,1-2H3/t10-,15+/m1/s1. The molecule has 21 heavy (non-hydrogen) atoms. The number of para-hydroxylation sites is 2. The third-order valence-corrected chi connectivity index (χ3v) is 3.53. The van der Waals surface area contributed by atoms with Gasteiger partial charge in [0.25, 0.3) is 0 Å². The molecule has 0 unspecified atom stereocenters. The quantitative estimate of drug-likeness (QED) is 0.505. The molecule has 5 heteroatoms. The monoisotopic (exact) mass is 288 g/mol. The Hall–Kier alpha value is -2.30. The Bertz CT molecular complexity index is 581. The molecule has 2 rings (SSSR count). The molecule has 0 bridgehead atoms. The van der Waals surface area contributed by atoms with Gasteiger partial charge in [-0.15, -0.1) is 0 Å². The SMILES string of the molecule is CCOC(=O)[C@@H]1C(=O)C=C(Nc2ccccc2N)C[C@H]1C. The Morgan fingerprint density at radius 2 is 2.14 bits per heavy atom. The third-order valence-electron chi connectivity index (χ3n) is 3.53. The fraction of sp³-hybridized carbons (Fsp3) is 0.375. The van der Waals surface area contributed by atoms with Crippen molar-refractivity contribution >= 4 is 23.1 Å². The second-order valence-corrected chi connectivity index (χ2v) is 5.20. The van der Waals surface area contributed by atoms with Crippen molar-refractivity contribution in [3.63, 3.8) is 0 Å². The zero-order valence-electron chi connectivity index (χ0n) is 12.3. The van der Waals surface area contributed by atoms with E-state index in [1.54, 1.807) is 13.0 Å². The first-order valence-electron chi connectivity index (χ1n) is 7.05. The van der Waals surface area contributed by atoms with E-state index in [1.807, 2.05) is 25.1 Å². The second-order valence-electron chi connectivity index (χ2n) is 5.20. The van der Waals surface area contributed by atoms with E-state index in [-0.39, 0.29) is 18.3 Å². The van der Waals surface area contributed by atoms with E-state index in [9.17, 15) is 9.59 Å². The highest BCUT2D eigenvalue weighted by molar-refractivity contribution is 6.06. The van der Waals surface area contributed by atoms with E-state index in [4.69, 9.17) is 10.5 Å². The number of nitrogens with two attached hydrogens (primary N) is 1. The summed E-state index contributed by atoms with van der Waals surface area (Å²) in [5.74, 6) is -1.47. The average Bonchev–Trinajstić information content (AvgIpc) is 2.41. The number of hydrogen-bond acceptors (Lipinski definition) is 5. The van der Waals surface area contributed by atoms with E-state index in [0.717, 1.165) is 11.4 Å². The summed E-state index contributed by atoms with van der Waals surface area (Å²) in [4.78, 5) is 24.0. The molecule has 0 aromatic heterocycles. The number of benzene rings is 1. The van der Waals surface area contributed by atoms with Crippen LogP contribution in [0.25, 0.3) is 0 Å². The van der Waals surface area contributed by atoms with Crippen LogP contribution >= 0.6 is 0 Å². The van der Waals surface area contributed by atoms with E-state index in [2.05, 4.69) is 5.32 Å². The summed E-state index contributed by atoms with van der Waals surface area (Å²) in [7, 11) is 0. The molecule has 1 aromatic carbocycles. The molecule has 0 saturated heterocycles. The lowest BCUT2D eigenvalue weighted by atomic mass is 9.82. The minimum atomic E-state index is -0.705. The van der Waals surface area contributed by atoms with Gasteiger partial charge in [0.05, 0.1) is 18.0 Å². The fourth-order valence-corrected chi connectivity index (χ4v) is 2.52. The van der Waals surface area contributed by atoms with Gasteiger partial charge in [-0.3, -0.25) is 9.59 Å². The number of nitrogen functional groups attached to an aromatic ring is 1. The van der Waals surface area contributed by atoms with Crippen LogP contribution in [0.5, 0.6) is 0 Å². The summed E-state index contributed by atoms with van der Waals surface area (Å²) in [5, 5.41) is 3.16. The van der Waals surface area contributed by atoms with E-state index in [1.165, 1.54) is 6.08 Å². The maximum Gasteiger partial charge on any atom is 0.317 e. The number of rotatable bonds is 4. The number of carbonyl (C=O) groups is 2. The molecule has 0 aliphatic heterocycles. The van der Waals surface area contributed by atoms with E-state index >= 15 is 0 Å². The zero-order valence-corrected chi connectivity index (χ0v) is 12.3. The summed E-state index contributed by atoms with van der Waals surface area (Å²) < 4.78 is 4.97. The van der Waals surface area contributed by atoms with Crippen molar-refractivity contribution < 1.29 is 14.3 Å². The predicted octanol–water partition coefficient (Wildman–Crippen LogP) is 2.35. The summed E-state index contributed by atoms with van der Waals surface area (Å²) in [6, 6.07) is 7.36. The molecule has 0 spiro atoms. The molecular formula is C16H20N2O3.